The average molecular weight is 341 g/mol. The van der Waals surface area contributed by atoms with Crippen LogP contribution in [0.3, 0.4) is 0 Å². The minimum atomic E-state index is -0.478. The molecule has 0 fully saturated rings. The Labute approximate surface area is 147 Å². The number of hydrogen-bond acceptors (Lipinski definition) is 4. The van der Waals surface area contributed by atoms with Gasteiger partial charge in [0.25, 0.3) is 0 Å². The summed E-state index contributed by atoms with van der Waals surface area (Å²) in [5.41, 5.74) is 0.674. The molecule has 6 nitrogen and oxygen atoms in total. The largest absolute Gasteiger partial charge is 0.455 e. The fraction of sp³-hybridized carbons (Fsp3) is 0.263. The van der Waals surface area contributed by atoms with E-state index in [1.165, 1.54) is 0 Å². The molecule has 25 heavy (non-hydrogen) atoms. The van der Waals surface area contributed by atoms with Crippen molar-refractivity contribution in [1.29, 1.82) is 0 Å². The van der Waals surface area contributed by atoms with Crippen molar-refractivity contribution in [2.45, 2.75) is 19.8 Å². The van der Waals surface area contributed by atoms with E-state index in [9.17, 15) is 9.59 Å². The van der Waals surface area contributed by atoms with E-state index in [0.29, 0.717) is 23.7 Å². The van der Waals surface area contributed by atoms with Gasteiger partial charge in [0.2, 0.25) is 5.91 Å². The molecule has 0 aliphatic rings. The van der Waals surface area contributed by atoms with Crippen molar-refractivity contribution in [1.82, 2.24) is 10.6 Å². The van der Waals surface area contributed by atoms with Gasteiger partial charge in [0.05, 0.1) is 12.2 Å². The highest BCUT2D eigenvalue weighted by atomic mass is 16.5. The van der Waals surface area contributed by atoms with Gasteiger partial charge in [-0.3, -0.25) is 10.1 Å². The van der Waals surface area contributed by atoms with Crippen molar-refractivity contribution in [3.05, 3.63) is 54.6 Å². The molecule has 0 atom stereocenters. The second-order valence-electron chi connectivity index (χ2n) is 5.42. The standard InChI is InChI=1S/C19H23N3O3/c1-2-3-13-20-19(24)22-18(23)14-21-16-11-7-8-12-17(16)25-15-9-5-4-6-10-15/h4-12,21H,2-3,13-14H2,1H3,(H2,20,22,23,24). The molecule has 6 heteroatoms. The number of amides is 3. The highest BCUT2D eigenvalue weighted by Crippen LogP contribution is 2.28. The Balaban J connectivity index is 1.86. The fourth-order valence-corrected chi connectivity index (χ4v) is 2.09. The lowest BCUT2D eigenvalue weighted by Crippen LogP contribution is -2.42. The van der Waals surface area contributed by atoms with E-state index < -0.39 is 11.9 Å². The number of unbranched alkanes of at least 4 members (excludes halogenated alkanes) is 1. The van der Waals surface area contributed by atoms with Crippen molar-refractivity contribution >= 4 is 17.6 Å². The van der Waals surface area contributed by atoms with E-state index >= 15 is 0 Å². The van der Waals surface area contributed by atoms with Gasteiger partial charge in [-0.1, -0.05) is 43.7 Å². The first-order valence-corrected chi connectivity index (χ1v) is 8.32. The van der Waals surface area contributed by atoms with Crippen LogP contribution in [-0.4, -0.2) is 25.0 Å². The molecule has 3 amide bonds. The van der Waals surface area contributed by atoms with Crippen LogP contribution in [0.2, 0.25) is 0 Å². The highest BCUT2D eigenvalue weighted by Gasteiger charge is 2.09. The first-order chi connectivity index (χ1) is 12.2. The molecule has 0 unspecified atom stereocenters. The Morgan fingerprint density at radius 3 is 2.48 bits per heavy atom. The maximum Gasteiger partial charge on any atom is 0.321 e. The third-order valence-corrected chi connectivity index (χ3v) is 3.37. The lowest BCUT2D eigenvalue weighted by molar-refractivity contribution is -0.118. The van der Waals surface area contributed by atoms with Gasteiger partial charge in [-0.25, -0.2) is 4.79 Å². The molecule has 0 aliphatic heterocycles. The van der Waals surface area contributed by atoms with Crippen LogP contribution in [0.5, 0.6) is 11.5 Å². The molecule has 2 rings (SSSR count). The van der Waals surface area contributed by atoms with Crippen LogP contribution in [0, 0.1) is 0 Å². The molecule has 0 saturated heterocycles. The van der Waals surface area contributed by atoms with Gasteiger partial charge in [0, 0.05) is 6.54 Å². The molecule has 0 saturated carbocycles. The molecule has 0 aliphatic carbocycles. The molecule has 0 spiro atoms. The third-order valence-electron chi connectivity index (χ3n) is 3.37. The molecular weight excluding hydrogens is 318 g/mol. The smallest absolute Gasteiger partial charge is 0.321 e. The topological polar surface area (TPSA) is 79.5 Å². The quantitative estimate of drug-likeness (QED) is 0.642. The Morgan fingerprint density at radius 1 is 1.00 bits per heavy atom. The zero-order valence-electron chi connectivity index (χ0n) is 14.2. The normalized spacial score (nSPS) is 9.96. The minimum absolute atomic E-state index is 0.0314. The summed E-state index contributed by atoms with van der Waals surface area (Å²) in [4.78, 5) is 23.4. The Hall–Kier alpha value is -3.02. The van der Waals surface area contributed by atoms with Crippen LogP contribution < -0.4 is 20.7 Å². The van der Waals surface area contributed by atoms with Crippen molar-refractivity contribution in [2.24, 2.45) is 0 Å². The summed E-state index contributed by atoms with van der Waals surface area (Å²) in [6.45, 7) is 2.55. The molecule has 0 radical (unpaired) electrons. The molecule has 2 aromatic carbocycles. The summed E-state index contributed by atoms with van der Waals surface area (Å²) in [6, 6.07) is 16.2. The van der Waals surface area contributed by atoms with Gasteiger partial charge < -0.3 is 15.4 Å². The number of benzene rings is 2. The number of para-hydroxylation sites is 3. The summed E-state index contributed by atoms with van der Waals surface area (Å²) in [6.07, 6.45) is 1.86. The Bertz CT molecular complexity index is 689. The van der Waals surface area contributed by atoms with Gasteiger partial charge in [-0.05, 0) is 30.7 Å². The second kappa shape index (κ2) is 9.97. The molecule has 0 bridgehead atoms. The monoisotopic (exact) mass is 341 g/mol. The van der Waals surface area contributed by atoms with Crippen LogP contribution in [0.25, 0.3) is 0 Å². The highest BCUT2D eigenvalue weighted by molar-refractivity contribution is 5.96. The molecule has 2 aromatic rings. The van der Waals surface area contributed by atoms with Gasteiger partial charge in [0.15, 0.2) is 5.75 Å². The van der Waals surface area contributed by atoms with E-state index in [4.69, 9.17) is 4.74 Å². The number of anilines is 1. The predicted octanol–water partition coefficient (Wildman–Crippen LogP) is 3.52. The van der Waals surface area contributed by atoms with Gasteiger partial charge in [-0.2, -0.15) is 0 Å². The number of imide groups is 1. The van der Waals surface area contributed by atoms with Gasteiger partial charge >= 0.3 is 6.03 Å². The van der Waals surface area contributed by atoms with E-state index in [1.807, 2.05) is 61.5 Å². The van der Waals surface area contributed by atoms with E-state index in [0.717, 1.165) is 12.8 Å². The van der Waals surface area contributed by atoms with Crippen molar-refractivity contribution in [3.63, 3.8) is 0 Å². The van der Waals surface area contributed by atoms with Crippen LogP contribution in [-0.2, 0) is 4.79 Å². The molecule has 0 heterocycles. The summed E-state index contributed by atoms with van der Waals surface area (Å²) in [7, 11) is 0. The number of nitrogens with one attached hydrogen (secondary N) is 3. The van der Waals surface area contributed by atoms with Crippen LogP contribution in [0.15, 0.2) is 54.6 Å². The second-order valence-corrected chi connectivity index (χ2v) is 5.42. The number of rotatable bonds is 8. The van der Waals surface area contributed by atoms with Gasteiger partial charge in [-0.15, -0.1) is 0 Å². The maximum atomic E-state index is 11.9. The zero-order chi connectivity index (χ0) is 17.9. The Morgan fingerprint density at radius 2 is 1.72 bits per heavy atom. The van der Waals surface area contributed by atoms with Crippen molar-refractivity contribution in [2.75, 3.05) is 18.4 Å². The summed E-state index contributed by atoms with van der Waals surface area (Å²) in [5.74, 6) is 0.897. The number of ether oxygens (including phenoxy) is 1. The van der Waals surface area contributed by atoms with Crippen LogP contribution in [0.1, 0.15) is 19.8 Å². The van der Waals surface area contributed by atoms with Crippen molar-refractivity contribution in [3.8, 4) is 11.5 Å². The number of urea groups is 1. The molecular formula is C19H23N3O3. The Kier molecular flexibility index (Phi) is 7.31. The fourth-order valence-electron chi connectivity index (χ4n) is 2.09. The molecule has 0 aromatic heterocycles. The lowest BCUT2D eigenvalue weighted by atomic mass is 10.3. The predicted molar refractivity (Wildman–Crippen MR) is 97.9 cm³/mol. The minimum Gasteiger partial charge on any atom is -0.455 e. The molecule has 3 N–H and O–H groups in total. The third kappa shape index (κ3) is 6.55. The summed E-state index contributed by atoms with van der Waals surface area (Å²) in [5, 5.41) is 7.91. The maximum absolute atomic E-state index is 11.9. The molecule has 132 valence electrons. The van der Waals surface area contributed by atoms with Crippen LogP contribution in [0.4, 0.5) is 10.5 Å². The summed E-state index contributed by atoms with van der Waals surface area (Å²) >= 11 is 0. The first-order valence-electron chi connectivity index (χ1n) is 8.32. The summed E-state index contributed by atoms with van der Waals surface area (Å²) < 4.78 is 5.81. The van der Waals surface area contributed by atoms with E-state index in [-0.39, 0.29) is 6.54 Å². The van der Waals surface area contributed by atoms with Gasteiger partial charge in [0.1, 0.15) is 5.75 Å². The average Bonchev–Trinajstić information content (AvgIpc) is 2.62. The SMILES string of the molecule is CCCCNC(=O)NC(=O)CNc1ccccc1Oc1ccccc1. The number of hydrogen-bond donors (Lipinski definition) is 3. The van der Waals surface area contributed by atoms with E-state index in [1.54, 1.807) is 0 Å². The van der Waals surface area contributed by atoms with Crippen LogP contribution >= 0.6 is 0 Å². The first kappa shape index (κ1) is 18.3. The van der Waals surface area contributed by atoms with Crippen molar-refractivity contribution < 1.29 is 14.3 Å². The zero-order valence-corrected chi connectivity index (χ0v) is 14.2. The lowest BCUT2D eigenvalue weighted by Gasteiger charge is -2.13. The number of carbonyl (C=O) groups is 2. The number of carbonyl (C=O) groups excluding carboxylic acids is 2. The van der Waals surface area contributed by atoms with E-state index in [2.05, 4.69) is 16.0 Å².